The quantitative estimate of drug-likeness (QED) is 0.858. The normalized spacial score (nSPS) is 19.2. The zero-order chi connectivity index (χ0) is 14.3. The SMILES string of the molecule is CCc1cc2ncc(CN3CC[C@H]3C)cc2n(C)c1=O. The highest BCUT2D eigenvalue weighted by molar-refractivity contribution is 5.75. The zero-order valence-corrected chi connectivity index (χ0v) is 12.4. The Morgan fingerprint density at radius 2 is 2.20 bits per heavy atom. The summed E-state index contributed by atoms with van der Waals surface area (Å²) in [6, 6.07) is 4.69. The van der Waals surface area contributed by atoms with Crippen LogP contribution in [0.2, 0.25) is 0 Å². The van der Waals surface area contributed by atoms with Crippen molar-refractivity contribution in [1.82, 2.24) is 14.5 Å². The van der Waals surface area contributed by atoms with E-state index in [4.69, 9.17) is 0 Å². The van der Waals surface area contributed by atoms with Crippen molar-refractivity contribution in [2.75, 3.05) is 6.54 Å². The van der Waals surface area contributed by atoms with Gasteiger partial charge < -0.3 is 4.57 Å². The van der Waals surface area contributed by atoms with Gasteiger partial charge in [0.1, 0.15) is 0 Å². The highest BCUT2D eigenvalue weighted by Gasteiger charge is 2.23. The van der Waals surface area contributed by atoms with Crippen molar-refractivity contribution >= 4 is 11.0 Å². The van der Waals surface area contributed by atoms with Crippen LogP contribution in [0.15, 0.2) is 23.1 Å². The van der Waals surface area contributed by atoms with Crippen LogP contribution in [0.25, 0.3) is 11.0 Å². The first-order valence-corrected chi connectivity index (χ1v) is 7.31. The second kappa shape index (κ2) is 5.02. The second-order valence-corrected chi connectivity index (χ2v) is 5.74. The third-order valence-corrected chi connectivity index (χ3v) is 4.43. The first-order chi connectivity index (χ1) is 9.60. The summed E-state index contributed by atoms with van der Waals surface area (Å²) in [5.74, 6) is 0. The molecule has 1 aliphatic rings. The number of nitrogens with zero attached hydrogens (tertiary/aromatic N) is 3. The van der Waals surface area contributed by atoms with E-state index < -0.39 is 0 Å². The molecule has 0 aliphatic carbocycles. The summed E-state index contributed by atoms with van der Waals surface area (Å²) in [5, 5.41) is 0. The molecule has 3 rings (SSSR count). The van der Waals surface area contributed by atoms with Crippen LogP contribution in [0.4, 0.5) is 0 Å². The maximum Gasteiger partial charge on any atom is 0.254 e. The fourth-order valence-electron chi connectivity index (χ4n) is 2.82. The van der Waals surface area contributed by atoms with Crippen molar-refractivity contribution in [3.8, 4) is 0 Å². The Morgan fingerprint density at radius 1 is 1.40 bits per heavy atom. The molecule has 0 amide bonds. The van der Waals surface area contributed by atoms with Crippen LogP contribution in [0.3, 0.4) is 0 Å². The summed E-state index contributed by atoms with van der Waals surface area (Å²) < 4.78 is 1.73. The molecule has 0 unspecified atom stereocenters. The lowest BCUT2D eigenvalue weighted by Gasteiger charge is -2.38. The Kier molecular flexibility index (Phi) is 3.34. The van der Waals surface area contributed by atoms with E-state index in [-0.39, 0.29) is 5.56 Å². The standard InChI is InChI=1S/C16H21N3O/c1-4-13-8-14-15(18(3)16(13)20)7-12(9-17-14)10-19-6-5-11(19)2/h7-9,11H,4-6,10H2,1-3H3/t11-/m1/s1. The molecule has 0 aromatic carbocycles. The molecular formula is C16H21N3O. The Morgan fingerprint density at radius 3 is 2.80 bits per heavy atom. The van der Waals surface area contributed by atoms with Gasteiger partial charge in [0.15, 0.2) is 0 Å². The first kappa shape index (κ1) is 13.3. The molecule has 2 aromatic rings. The first-order valence-electron chi connectivity index (χ1n) is 7.31. The lowest BCUT2D eigenvalue weighted by molar-refractivity contribution is 0.0959. The summed E-state index contributed by atoms with van der Waals surface area (Å²) in [6.07, 6.45) is 3.97. The van der Waals surface area contributed by atoms with Crippen molar-refractivity contribution in [2.24, 2.45) is 7.05 Å². The van der Waals surface area contributed by atoms with Crippen LogP contribution in [-0.2, 0) is 20.0 Å². The number of hydrogen-bond acceptors (Lipinski definition) is 3. The van der Waals surface area contributed by atoms with Crippen molar-refractivity contribution in [3.63, 3.8) is 0 Å². The molecule has 0 spiro atoms. The van der Waals surface area contributed by atoms with Crippen molar-refractivity contribution in [3.05, 3.63) is 39.8 Å². The van der Waals surface area contributed by atoms with Crippen LogP contribution in [0.5, 0.6) is 0 Å². The molecule has 0 radical (unpaired) electrons. The molecule has 4 heteroatoms. The van der Waals surface area contributed by atoms with E-state index in [0.717, 1.165) is 36.1 Å². The van der Waals surface area contributed by atoms with Gasteiger partial charge >= 0.3 is 0 Å². The van der Waals surface area contributed by atoms with Crippen LogP contribution in [-0.4, -0.2) is 27.0 Å². The van der Waals surface area contributed by atoms with Gasteiger partial charge in [-0.1, -0.05) is 6.92 Å². The van der Waals surface area contributed by atoms with Crippen LogP contribution < -0.4 is 5.56 Å². The number of pyridine rings is 2. The van der Waals surface area contributed by atoms with E-state index in [1.165, 1.54) is 12.0 Å². The van der Waals surface area contributed by atoms with E-state index in [0.29, 0.717) is 6.04 Å². The molecule has 106 valence electrons. The van der Waals surface area contributed by atoms with Gasteiger partial charge in [0.2, 0.25) is 0 Å². The average molecular weight is 271 g/mol. The van der Waals surface area contributed by atoms with Gasteiger partial charge in [0.25, 0.3) is 5.56 Å². The van der Waals surface area contributed by atoms with E-state index >= 15 is 0 Å². The minimum Gasteiger partial charge on any atom is -0.310 e. The fourth-order valence-corrected chi connectivity index (χ4v) is 2.82. The predicted octanol–water partition coefficient (Wildman–Crippen LogP) is 2.09. The molecule has 3 heterocycles. The van der Waals surface area contributed by atoms with Crippen LogP contribution in [0, 0.1) is 0 Å². The minimum atomic E-state index is 0.0938. The third kappa shape index (κ3) is 2.14. The smallest absolute Gasteiger partial charge is 0.254 e. The minimum absolute atomic E-state index is 0.0938. The Hall–Kier alpha value is -1.68. The molecule has 1 atom stereocenters. The molecule has 1 fully saturated rings. The monoisotopic (exact) mass is 271 g/mol. The van der Waals surface area contributed by atoms with E-state index in [2.05, 4.69) is 22.9 Å². The Bertz CT molecular complexity index is 705. The van der Waals surface area contributed by atoms with Gasteiger partial charge in [-0.3, -0.25) is 14.7 Å². The van der Waals surface area contributed by atoms with Crippen molar-refractivity contribution in [2.45, 2.75) is 39.3 Å². The van der Waals surface area contributed by atoms with Gasteiger partial charge in [0.05, 0.1) is 11.0 Å². The zero-order valence-electron chi connectivity index (χ0n) is 12.4. The Balaban J connectivity index is 2.02. The lowest BCUT2D eigenvalue weighted by atomic mass is 10.0. The largest absolute Gasteiger partial charge is 0.310 e. The van der Waals surface area contributed by atoms with Gasteiger partial charge in [-0.25, -0.2) is 0 Å². The molecule has 0 bridgehead atoms. The summed E-state index contributed by atoms with van der Waals surface area (Å²) in [6.45, 7) is 6.34. The molecule has 1 aliphatic heterocycles. The highest BCUT2D eigenvalue weighted by atomic mass is 16.1. The molecule has 4 nitrogen and oxygen atoms in total. The molecule has 2 aromatic heterocycles. The number of aromatic nitrogens is 2. The Labute approximate surface area is 119 Å². The summed E-state index contributed by atoms with van der Waals surface area (Å²) >= 11 is 0. The highest BCUT2D eigenvalue weighted by Crippen LogP contribution is 2.21. The maximum absolute atomic E-state index is 12.2. The van der Waals surface area contributed by atoms with Gasteiger partial charge in [-0.15, -0.1) is 0 Å². The average Bonchev–Trinajstić information content (AvgIpc) is 2.47. The predicted molar refractivity (Wildman–Crippen MR) is 80.9 cm³/mol. The fraction of sp³-hybridized carbons (Fsp3) is 0.500. The molecule has 20 heavy (non-hydrogen) atoms. The van der Waals surface area contributed by atoms with Gasteiger partial charge in [-0.05, 0) is 37.5 Å². The third-order valence-electron chi connectivity index (χ3n) is 4.43. The number of aryl methyl sites for hydroxylation is 2. The lowest BCUT2D eigenvalue weighted by Crippen LogP contribution is -2.44. The van der Waals surface area contributed by atoms with Crippen molar-refractivity contribution in [1.29, 1.82) is 0 Å². The topological polar surface area (TPSA) is 38.1 Å². The molecule has 0 saturated carbocycles. The molecule has 1 saturated heterocycles. The van der Waals surface area contributed by atoms with E-state index in [1.807, 2.05) is 26.2 Å². The van der Waals surface area contributed by atoms with Crippen LogP contribution >= 0.6 is 0 Å². The summed E-state index contributed by atoms with van der Waals surface area (Å²) in [4.78, 5) is 19.2. The molecule has 0 N–H and O–H groups in total. The number of hydrogen-bond donors (Lipinski definition) is 0. The number of fused-ring (bicyclic) bond motifs is 1. The maximum atomic E-state index is 12.2. The van der Waals surface area contributed by atoms with Gasteiger partial charge in [0, 0.05) is 37.9 Å². The number of rotatable bonds is 3. The van der Waals surface area contributed by atoms with Gasteiger partial charge in [-0.2, -0.15) is 0 Å². The number of likely N-dealkylation sites (tertiary alicyclic amines) is 1. The van der Waals surface area contributed by atoms with Crippen LogP contribution in [0.1, 0.15) is 31.4 Å². The second-order valence-electron chi connectivity index (χ2n) is 5.74. The van der Waals surface area contributed by atoms with E-state index in [1.54, 1.807) is 4.57 Å². The van der Waals surface area contributed by atoms with Crippen molar-refractivity contribution < 1.29 is 0 Å². The summed E-state index contributed by atoms with van der Waals surface area (Å²) in [7, 11) is 1.83. The van der Waals surface area contributed by atoms with E-state index in [9.17, 15) is 4.79 Å². The molecular weight excluding hydrogens is 250 g/mol. The summed E-state index contributed by atoms with van der Waals surface area (Å²) in [5.41, 5.74) is 3.94.